The third-order valence-electron chi connectivity index (χ3n) is 3.75. The van der Waals surface area contributed by atoms with Crippen LogP contribution >= 0.6 is 23.4 Å². The van der Waals surface area contributed by atoms with Crippen LogP contribution in [0.15, 0.2) is 53.9 Å². The van der Waals surface area contributed by atoms with Crippen LogP contribution in [0.3, 0.4) is 0 Å². The highest BCUT2D eigenvalue weighted by atomic mass is 35.5. The number of aryl methyl sites for hydroxylation is 1. The zero-order valence-electron chi connectivity index (χ0n) is 14.3. The van der Waals surface area contributed by atoms with E-state index in [2.05, 4.69) is 15.5 Å². The van der Waals surface area contributed by atoms with E-state index in [-0.39, 0.29) is 17.2 Å². The number of hydrogen-bond acceptors (Lipinski definition) is 5. The van der Waals surface area contributed by atoms with Gasteiger partial charge in [-0.25, -0.2) is 0 Å². The second kappa shape index (κ2) is 8.24. The lowest BCUT2D eigenvalue weighted by molar-refractivity contribution is -0.113. The normalized spacial score (nSPS) is 10.6. The summed E-state index contributed by atoms with van der Waals surface area (Å²) in [5, 5.41) is 11.8. The van der Waals surface area contributed by atoms with Crippen LogP contribution in [0.4, 0.5) is 5.69 Å². The summed E-state index contributed by atoms with van der Waals surface area (Å²) >= 11 is 7.40. The Morgan fingerprint density at radius 2 is 2.04 bits per heavy atom. The molecule has 138 valence electrons. The topological polar surface area (TPSA) is 103 Å². The number of halogens is 1. The van der Waals surface area contributed by atoms with Crippen molar-refractivity contribution in [2.24, 2.45) is 5.73 Å². The number of carbonyl (C=O) groups excluding carboxylic acids is 2. The van der Waals surface area contributed by atoms with Crippen molar-refractivity contribution in [3.05, 3.63) is 64.9 Å². The molecule has 0 bridgehead atoms. The first-order valence-electron chi connectivity index (χ1n) is 7.93. The number of benzene rings is 2. The van der Waals surface area contributed by atoms with Gasteiger partial charge in [0.05, 0.1) is 22.7 Å². The molecule has 2 amide bonds. The predicted molar refractivity (Wildman–Crippen MR) is 105 cm³/mol. The molecule has 9 heteroatoms. The van der Waals surface area contributed by atoms with Crippen LogP contribution in [-0.2, 0) is 4.79 Å². The van der Waals surface area contributed by atoms with Crippen LogP contribution in [0.5, 0.6) is 0 Å². The minimum absolute atomic E-state index is 0.0887. The second-order valence-electron chi connectivity index (χ2n) is 5.66. The fourth-order valence-corrected chi connectivity index (χ4v) is 3.26. The largest absolute Gasteiger partial charge is 0.366 e. The minimum atomic E-state index is -0.602. The molecule has 7 nitrogen and oxygen atoms in total. The van der Waals surface area contributed by atoms with Crippen molar-refractivity contribution in [1.29, 1.82) is 0 Å². The summed E-state index contributed by atoms with van der Waals surface area (Å²) < 4.78 is 1.75. The number of primary amides is 1. The van der Waals surface area contributed by atoms with Gasteiger partial charge in [0.15, 0.2) is 5.16 Å². The molecular weight excluding hydrogens is 386 g/mol. The van der Waals surface area contributed by atoms with Crippen LogP contribution in [0.1, 0.15) is 15.9 Å². The Kier molecular flexibility index (Phi) is 5.78. The zero-order valence-corrected chi connectivity index (χ0v) is 15.9. The first-order chi connectivity index (χ1) is 13.0. The van der Waals surface area contributed by atoms with Crippen LogP contribution in [0, 0.1) is 6.92 Å². The SMILES string of the molecule is Cc1ccc(-n2cnnc2SCC(=O)Nc2ccccc2C(N)=O)cc1Cl. The summed E-state index contributed by atoms with van der Waals surface area (Å²) in [6.07, 6.45) is 1.56. The Balaban J connectivity index is 1.69. The molecular formula is C18H16ClN5O2S. The highest BCUT2D eigenvalue weighted by molar-refractivity contribution is 7.99. The Bertz CT molecular complexity index is 1000. The Labute approximate surface area is 164 Å². The summed E-state index contributed by atoms with van der Waals surface area (Å²) in [6.45, 7) is 1.92. The van der Waals surface area contributed by atoms with E-state index in [1.807, 2.05) is 25.1 Å². The van der Waals surface area contributed by atoms with Gasteiger partial charge in [0.2, 0.25) is 5.91 Å². The number of carbonyl (C=O) groups is 2. The molecule has 0 saturated carbocycles. The van der Waals surface area contributed by atoms with Gasteiger partial charge < -0.3 is 11.1 Å². The molecule has 3 N–H and O–H groups in total. The third-order valence-corrected chi connectivity index (χ3v) is 5.10. The molecule has 0 aliphatic heterocycles. The fourth-order valence-electron chi connectivity index (χ4n) is 2.35. The van der Waals surface area contributed by atoms with Gasteiger partial charge in [-0.05, 0) is 36.8 Å². The van der Waals surface area contributed by atoms with E-state index >= 15 is 0 Å². The number of nitrogens with zero attached hydrogens (tertiary/aromatic N) is 3. The van der Waals surface area contributed by atoms with E-state index in [9.17, 15) is 9.59 Å². The number of nitrogens with two attached hydrogens (primary N) is 1. The maximum atomic E-state index is 12.3. The molecule has 0 radical (unpaired) electrons. The van der Waals surface area contributed by atoms with Crippen LogP contribution in [0.2, 0.25) is 5.02 Å². The maximum absolute atomic E-state index is 12.3. The second-order valence-corrected chi connectivity index (χ2v) is 7.01. The highest BCUT2D eigenvalue weighted by Gasteiger charge is 2.13. The predicted octanol–water partition coefficient (Wildman–Crippen LogP) is 3.06. The highest BCUT2D eigenvalue weighted by Crippen LogP contribution is 2.24. The Morgan fingerprint density at radius 1 is 1.26 bits per heavy atom. The number of thioether (sulfide) groups is 1. The number of aromatic nitrogens is 3. The molecule has 2 aromatic carbocycles. The molecule has 0 unspecified atom stereocenters. The first kappa shape index (κ1) is 18.9. The molecule has 0 fully saturated rings. The summed E-state index contributed by atoms with van der Waals surface area (Å²) in [4.78, 5) is 23.7. The van der Waals surface area contributed by atoms with E-state index in [1.54, 1.807) is 35.2 Å². The molecule has 1 aromatic heterocycles. The molecule has 0 spiro atoms. The van der Waals surface area contributed by atoms with Crippen LogP contribution in [0.25, 0.3) is 5.69 Å². The average Bonchev–Trinajstić information content (AvgIpc) is 3.11. The third kappa shape index (κ3) is 4.47. The molecule has 0 atom stereocenters. The van der Waals surface area contributed by atoms with E-state index < -0.39 is 5.91 Å². The molecule has 3 aromatic rings. The lowest BCUT2D eigenvalue weighted by Crippen LogP contribution is -2.19. The summed E-state index contributed by atoms with van der Waals surface area (Å²) in [6, 6.07) is 12.2. The van der Waals surface area contributed by atoms with Crippen LogP contribution in [-0.4, -0.2) is 32.3 Å². The number of anilines is 1. The fraction of sp³-hybridized carbons (Fsp3) is 0.111. The van der Waals surface area contributed by atoms with E-state index in [0.29, 0.717) is 15.9 Å². The van der Waals surface area contributed by atoms with Gasteiger partial charge in [0, 0.05) is 5.02 Å². The minimum Gasteiger partial charge on any atom is -0.366 e. The quantitative estimate of drug-likeness (QED) is 0.618. The van der Waals surface area contributed by atoms with Gasteiger partial charge in [-0.1, -0.05) is 41.6 Å². The first-order valence-corrected chi connectivity index (χ1v) is 9.30. The molecule has 3 rings (SSSR count). The van der Waals surface area contributed by atoms with Gasteiger partial charge in [-0.2, -0.15) is 0 Å². The maximum Gasteiger partial charge on any atom is 0.250 e. The van der Waals surface area contributed by atoms with Gasteiger partial charge in [0.25, 0.3) is 5.91 Å². The van der Waals surface area contributed by atoms with Gasteiger partial charge in [0.1, 0.15) is 6.33 Å². The molecule has 27 heavy (non-hydrogen) atoms. The standard InChI is InChI=1S/C18H16ClN5O2S/c1-11-6-7-12(8-14(11)19)24-10-21-23-18(24)27-9-16(25)22-15-5-3-2-4-13(15)17(20)26/h2-8,10H,9H2,1H3,(H2,20,26)(H,22,25). The smallest absolute Gasteiger partial charge is 0.250 e. The Hall–Kier alpha value is -2.84. The van der Waals surface area contributed by atoms with Crippen molar-refractivity contribution in [2.45, 2.75) is 12.1 Å². The lowest BCUT2D eigenvalue weighted by atomic mass is 10.1. The number of rotatable bonds is 6. The van der Waals surface area contributed by atoms with Crippen molar-refractivity contribution < 1.29 is 9.59 Å². The van der Waals surface area contributed by atoms with Crippen molar-refractivity contribution in [3.63, 3.8) is 0 Å². The summed E-state index contributed by atoms with van der Waals surface area (Å²) in [5.74, 6) is -0.800. The summed E-state index contributed by atoms with van der Waals surface area (Å²) in [5.41, 5.74) is 7.73. The van der Waals surface area contributed by atoms with E-state index in [0.717, 1.165) is 11.3 Å². The number of hydrogen-bond donors (Lipinski definition) is 2. The Morgan fingerprint density at radius 3 is 2.78 bits per heavy atom. The molecule has 1 heterocycles. The van der Waals surface area contributed by atoms with Crippen LogP contribution < -0.4 is 11.1 Å². The number of nitrogens with one attached hydrogen (secondary N) is 1. The lowest BCUT2D eigenvalue weighted by Gasteiger charge is -2.09. The monoisotopic (exact) mass is 401 g/mol. The van der Waals surface area contributed by atoms with Crippen molar-refractivity contribution in [2.75, 3.05) is 11.1 Å². The van der Waals surface area contributed by atoms with Crippen molar-refractivity contribution in [1.82, 2.24) is 14.8 Å². The molecule has 0 aliphatic rings. The van der Waals surface area contributed by atoms with Crippen molar-refractivity contribution in [3.8, 4) is 5.69 Å². The summed E-state index contributed by atoms with van der Waals surface area (Å²) in [7, 11) is 0. The molecule has 0 saturated heterocycles. The van der Waals surface area contributed by atoms with E-state index in [1.165, 1.54) is 11.8 Å². The number of amides is 2. The molecule has 0 aliphatic carbocycles. The van der Waals surface area contributed by atoms with Gasteiger partial charge >= 0.3 is 0 Å². The zero-order chi connectivity index (χ0) is 19.4. The van der Waals surface area contributed by atoms with Gasteiger partial charge in [-0.15, -0.1) is 10.2 Å². The van der Waals surface area contributed by atoms with Crippen molar-refractivity contribution >= 4 is 40.9 Å². The van der Waals surface area contributed by atoms with Gasteiger partial charge in [-0.3, -0.25) is 14.2 Å². The average molecular weight is 402 g/mol. The van der Waals surface area contributed by atoms with E-state index in [4.69, 9.17) is 17.3 Å². The number of para-hydroxylation sites is 1.